The minimum absolute atomic E-state index is 0.000711. The van der Waals surface area contributed by atoms with E-state index in [2.05, 4.69) is 38.2 Å². The van der Waals surface area contributed by atoms with Crippen molar-refractivity contribution in [2.45, 2.75) is 44.4 Å². The fourth-order valence-electron chi connectivity index (χ4n) is 2.15. The molecule has 1 N–H and O–H groups in total. The predicted molar refractivity (Wildman–Crippen MR) is 77.7 cm³/mol. The molecular weight excluding hydrogens is 244 g/mol. The van der Waals surface area contributed by atoms with E-state index in [0.29, 0.717) is 5.92 Å². The molecule has 2 atom stereocenters. The van der Waals surface area contributed by atoms with Crippen LogP contribution in [0.3, 0.4) is 0 Å². The highest BCUT2D eigenvalue weighted by Crippen LogP contribution is 2.31. The number of carbonyl (C=O) groups is 1. The maximum Gasteiger partial charge on any atom is 0.239 e. The number of rotatable bonds is 3. The summed E-state index contributed by atoms with van der Waals surface area (Å²) in [5, 5.41) is 3.69. The van der Waals surface area contributed by atoms with Crippen molar-refractivity contribution >= 4 is 22.8 Å². The Morgan fingerprint density at radius 2 is 2.33 bits per heavy atom. The second-order valence-electron chi connectivity index (χ2n) is 5.14. The van der Waals surface area contributed by atoms with Gasteiger partial charge in [-0.3, -0.25) is 9.79 Å². The lowest BCUT2D eigenvalue weighted by Gasteiger charge is -2.25. The highest BCUT2D eigenvalue weighted by atomic mass is 32.2. The summed E-state index contributed by atoms with van der Waals surface area (Å²) >= 11 is 1.57. The molecule has 1 aliphatic carbocycles. The molecular formula is C14H20N2OS. The van der Waals surface area contributed by atoms with Crippen LogP contribution in [0.25, 0.3) is 0 Å². The Morgan fingerprint density at radius 3 is 2.83 bits per heavy atom. The van der Waals surface area contributed by atoms with Crippen LogP contribution < -0.4 is 5.32 Å². The molecule has 2 rings (SSSR count). The van der Waals surface area contributed by atoms with Crippen LogP contribution in [-0.2, 0) is 4.79 Å². The number of amidine groups is 1. The summed E-state index contributed by atoms with van der Waals surface area (Å²) in [5.74, 6) is 0.428. The minimum Gasteiger partial charge on any atom is -0.304 e. The molecule has 1 saturated heterocycles. The highest BCUT2D eigenvalue weighted by Gasteiger charge is 2.34. The van der Waals surface area contributed by atoms with Gasteiger partial charge in [0, 0.05) is 0 Å². The highest BCUT2D eigenvalue weighted by molar-refractivity contribution is 8.15. The van der Waals surface area contributed by atoms with Crippen molar-refractivity contribution in [1.82, 2.24) is 5.32 Å². The van der Waals surface area contributed by atoms with Crippen molar-refractivity contribution in [1.29, 1.82) is 0 Å². The van der Waals surface area contributed by atoms with Crippen LogP contribution in [-0.4, -0.2) is 21.9 Å². The second-order valence-corrected chi connectivity index (χ2v) is 6.27. The van der Waals surface area contributed by atoms with Gasteiger partial charge in [-0.25, -0.2) is 0 Å². The standard InChI is InChI=1S/C14H20N2OS/c1-4-14(8-6-5-7-9-14)16-13-15-12(17)11(18-13)10(2)3/h5-8,10-11H,4,9H2,1-3H3,(H,15,16,17)/t11?,14-/m1/s1. The Kier molecular flexibility index (Phi) is 3.95. The molecule has 0 aromatic rings. The van der Waals surface area contributed by atoms with Gasteiger partial charge in [-0.1, -0.05) is 56.8 Å². The fourth-order valence-corrected chi connectivity index (χ4v) is 3.23. The minimum atomic E-state index is -0.170. The van der Waals surface area contributed by atoms with Gasteiger partial charge < -0.3 is 5.32 Å². The molecule has 0 bridgehead atoms. The predicted octanol–water partition coefficient (Wildman–Crippen LogP) is 2.89. The summed E-state index contributed by atoms with van der Waals surface area (Å²) in [5.41, 5.74) is -0.170. The molecule has 1 fully saturated rings. The van der Waals surface area contributed by atoms with Crippen molar-refractivity contribution in [2.24, 2.45) is 10.9 Å². The van der Waals surface area contributed by atoms with E-state index in [0.717, 1.165) is 18.0 Å². The van der Waals surface area contributed by atoms with E-state index < -0.39 is 0 Å². The van der Waals surface area contributed by atoms with Crippen LogP contribution in [0, 0.1) is 5.92 Å². The lowest BCUT2D eigenvalue weighted by atomic mass is 9.89. The molecule has 18 heavy (non-hydrogen) atoms. The smallest absolute Gasteiger partial charge is 0.239 e. The van der Waals surface area contributed by atoms with Gasteiger partial charge in [-0.15, -0.1) is 0 Å². The van der Waals surface area contributed by atoms with Gasteiger partial charge in [0.05, 0.1) is 10.8 Å². The summed E-state index contributed by atoms with van der Waals surface area (Å²) in [6.45, 7) is 6.27. The van der Waals surface area contributed by atoms with Gasteiger partial charge in [0.1, 0.15) is 0 Å². The summed E-state index contributed by atoms with van der Waals surface area (Å²) in [7, 11) is 0. The van der Waals surface area contributed by atoms with Crippen LogP contribution >= 0.6 is 11.8 Å². The zero-order valence-electron chi connectivity index (χ0n) is 11.1. The Hall–Kier alpha value is -1.03. The number of nitrogens with one attached hydrogen (secondary N) is 1. The van der Waals surface area contributed by atoms with E-state index >= 15 is 0 Å². The van der Waals surface area contributed by atoms with Crippen LogP contribution in [0.1, 0.15) is 33.6 Å². The van der Waals surface area contributed by atoms with E-state index in [4.69, 9.17) is 4.99 Å². The average molecular weight is 264 g/mol. The van der Waals surface area contributed by atoms with Crippen molar-refractivity contribution in [3.8, 4) is 0 Å². The molecule has 2 aliphatic rings. The monoisotopic (exact) mass is 264 g/mol. The summed E-state index contributed by atoms with van der Waals surface area (Å²) < 4.78 is 0. The molecule has 0 spiro atoms. The first kappa shape index (κ1) is 13.4. The number of hydrogen-bond donors (Lipinski definition) is 1. The maximum absolute atomic E-state index is 11.8. The normalized spacial score (nSPS) is 33.4. The zero-order chi connectivity index (χ0) is 13.2. The van der Waals surface area contributed by atoms with Gasteiger partial charge in [0.2, 0.25) is 5.91 Å². The van der Waals surface area contributed by atoms with E-state index in [9.17, 15) is 4.79 Å². The quantitative estimate of drug-likeness (QED) is 0.851. The lowest BCUT2D eigenvalue weighted by Crippen LogP contribution is -2.30. The number of hydrogen-bond acceptors (Lipinski definition) is 3. The van der Waals surface area contributed by atoms with Gasteiger partial charge in [0.25, 0.3) is 0 Å². The first-order valence-electron chi connectivity index (χ1n) is 6.48. The van der Waals surface area contributed by atoms with Crippen molar-refractivity contribution < 1.29 is 4.79 Å². The number of aliphatic imine (C=N–C) groups is 1. The van der Waals surface area contributed by atoms with Gasteiger partial charge in [0.15, 0.2) is 5.17 Å². The molecule has 1 amide bonds. The molecule has 0 saturated carbocycles. The van der Waals surface area contributed by atoms with Crippen LogP contribution in [0.4, 0.5) is 0 Å². The van der Waals surface area contributed by atoms with Gasteiger partial charge >= 0.3 is 0 Å². The number of nitrogens with zero attached hydrogens (tertiary/aromatic N) is 1. The largest absolute Gasteiger partial charge is 0.304 e. The molecule has 1 unspecified atom stereocenters. The van der Waals surface area contributed by atoms with Crippen molar-refractivity contribution in [3.63, 3.8) is 0 Å². The molecule has 0 aromatic carbocycles. The van der Waals surface area contributed by atoms with E-state index in [1.165, 1.54) is 0 Å². The molecule has 0 aromatic heterocycles. The van der Waals surface area contributed by atoms with E-state index in [1.54, 1.807) is 11.8 Å². The third kappa shape index (κ3) is 2.69. The van der Waals surface area contributed by atoms with Gasteiger partial charge in [-0.2, -0.15) is 0 Å². The topological polar surface area (TPSA) is 41.5 Å². The molecule has 1 aliphatic heterocycles. The summed E-state index contributed by atoms with van der Waals surface area (Å²) in [4.78, 5) is 16.6. The van der Waals surface area contributed by atoms with Crippen LogP contribution in [0.5, 0.6) is 0 Å². The van der Waals surface area contributed by atoms with Crippen LogP contribution in [0.15, 0.2) is 29.3 Å². The number of thioether (sulfide) groups is 1. The van der Waals surface area contributed by atoms with Crippen molar-refractivity contribution in [2.75, 3.05) is 0 Å². The number of amides is 1. The number of allylic oxidation sites excluding steroid dienone is 2. The second kappa shape index (κ2) is 5.31. The Labute approximate surface area is 113 Å². The maximum atomic E-state index is 11.8. The first-order chi connectivity index (χ1) is 8.56. The zero-order valence-corrected chi connectivity index (χ0v) is 12.0. The summed E-state index contributed by atoms with van der Waals surface area (Å²) in [6.07, 6.45) is 10.2. The third-order valence-electron chi connectivity index (χ3n) is 3.39. The average Bonchev–Trinajstić information content (AvgIpc) is 2.71. The van der Waals surface area contributed by atoms with Crippen LogP contribution in [0.2, 0.25) is 0 Å². The molecule has 4 heteroatoms. The van der Waals surface area contributed by atoms with Gasteiger partial charge in [-0.05, 0) is 18.8 Å². The van der Waals surface area contributed by atoms with E-state index in [-0.39, 0.29) is 16.7 Å². The molecule has 0 radical (unpaired) electrons. The SMILES string of the molecule is CC[C@@]1(N=C2NC(=O)C(C(C)C)S2)C=CC=CC1. The lowest BCUT2D eigenvalue weighted by molar-refractivity contribution is -0.119. The van der Waals surface area contributed by atoms with Crippen molar-refractivity contribution in [3.05, 3.63) is 24.3 Å². The molecule has 1 heterocycles. The first-order valence-corrected chi connectivity index (χ1v) is 7.36. The Bertz CT molecular complexity index is 426. The fraction of sp³-hybridized carbons (Fsp3) is 0.571. The Morgan fingerprint density at radius 1 is 1.56 bits per heavy atom. The Balaban J connectivity index is 2.17. The summed E-state index contributed by atoms with van der Waals surface area (Å²) in [6, 6.07) is 0. The third-order valence-corrected chi connectivity index (χ3v) is 4.82. The molecule has 98 valence electrons. The molecule has 3 nitrogen and oxygen atoms in total. The van der Waals surface area contributed by atoms with E-state index in [1.807, 2.05) is 12.2 Å². The number of carbonyl (C=O) groups excluding carboxylic acids is 1.